The lowest BCUT2D eigenvalue weighted by molar-refractivity contribution is -0.233. The normalized spacial score (nSPS) is 13.5. The second-order valence-corrected chi connectivity index (χ2v) is 10.2. The first-order valence-corrected chi connectivity index (χ1v) is 15.2. The Hall–Kier alpha value is 0.460. The maximum atomic E-state index is 6.07. The van der Waals surface area contributed by atoms with E-state index in [-0.39, 0.29) is 12.6 Å². The zero-order chi connectivity index (χ0) is 24.2. The number of unbranched alkanes of at least 4 members (excludes halogenated alkanes) is 18. The van der Waals surface area contributed by atoms with Crippen LogP contribution in [0.1, 0.15) is 141 Å². The van der Waals surface area contributed by atoms with Crippen LogP contribution in [0.5, 0.6) is 0 Å². The van der Waals surface area contributed by atoms with E-state index < -0.39 is 0 Å². The Kier molecular flexibility index (Phi) is 29.1. The maximum absolute atomic E-state index is 6.07. The smallest absolute Gasteiger partial charge is 0.160 e. The zero-order valence-electron chi connectivity index (χ0n) is 22.1. The van der Waals surface area contributed by atoms with Gasteiger partial charge < -0.3 is 14.2 Å². The van der Waals surface area contributed by atoms with Gasteiger partial charge >= 0.3 is 0 Å². The molecule has 33 heavy (non-hydrogen) atoms. The van der Waals surface area contributed by atoms with Crippen LogP contribution in [0.4, 0.5) is 0 Å². The Morgan fingerprint density at radius 2 is 0.636 bits per heavy atom. The average Bonchev–Trinajstić information content (AvgIpc) is 2.83. The van der Waals surface area contributed by atoms with Crippen molar-refractivity contribution in [1.29, 1.82) is 0 Å². The van der Waals surface area contributed by atoms with Crippen molar-refractivity contribution in [3.05, 3.63) is 0 Å². The van der Waals surface area contributed by atoms with E-state index in [1.54, 1.807) is 14.2 Å². The van der Waals surface area contributed by atoms with Gasteiger partial charge in [0, 0.05) is 26.0 Å². The van der Waals surface area contributed by atoms with E-state index in [1.807, 2.05) is 0 Å². The quantitative estimate of drug-likeness (QED) is 0.0594. The number of hydrogen-bond donors (Lipinski definition) is 0. The molecule has 0 fully saturated rings. The highest BCUT2D eigenvalue weighted by Crippen LogP contribution is 2.17. The molecule has 0 rings (SSSR count). The molecule has 5 heteroatoms. The fourth-order valence-electron chi connectivity index (χ4n) is 4.29. The van der Waals surface area contributed by atoms with Crippen LogP contribution in [0.25, 0.3) is 0 Å². The van der Waals surface area contributed by atoms with Crippen molar-refractivity contribution in [2.24, 2.45) is 0 Å². The molecule has 0 saturated heterocycles. The number of hydrogen-bond acceptors (Lipinski definition) is 3. The summed E-state index contributed by atoms with van der Waals surface area (Å²) in [5.41, 5.74) is 0. The van der Waals surface area contributed by atoms with Crippen LogP contribution in [0, 0.1) is 0 Å². The standard InChI is InChI=1S/C28H56Cl2O3/c1-31-27(23-19-15-11-7-3-5-9-13-17-21-25-29)33-28(32-2)24-20-16-12-8-4-6-10-14-18-22-26-30/h27-28H,3-26H2,1-2H3. The molecule has 200 valence electrons. The van der Waals surface area contributed by atoms with Crippen LogP contribution in [-0.2, 0) is 14.2 Å². The molecule has 0 aliphatic heterocycles. The van der Waals surface area contributed by atoms with Crippen molar-refractivity contribution < 1.29 is 14.2 Å². The predicted molar refractivity (Wildman–Crippen MR) is 146 cm³/mol. The average molecular weight is 512 g/mol. The second kappa shape index (κ2) is 28.7. The van der Waals surface area contributed by atoms with Gasteiger partial charge in [-0.25, -0.2) is 0 Å². The summed E-state index contributed by atoms with van der Waals surface area (Å²) in [4.78, 5) is 0. The zero-order valence-corrected chi connectivity index (χ0v) is 23.6. The maximum Gasteiger partial charge on any atom is 0.160 e. The summed E-state index contributed by atoms with van der Waals surface area (Å²) in [5, 5.41) is 0. The Morgan fingerprint density at radius 1 is 0.394 bits per heavy atom. The molecular formula is C28H56Cl2O3. The fourth-order valence-corrected chi connectivity index (χ4v) is 4.67. The van der Waals surface area contributed by atoms with E-state index in [0.717, 1.165) is 37.4 Å². The largest absolute Gasteiger partial charge is 0.356 e. The van der Waals surface area contributed by atoms with Gasteiger partial charge in [0.2, 0.25) is 0 Å². The lowest BCUT2D eigenvalue weighted by Crippen LogP contribution is -2.25. The fraction of sp³-hybridized carbons (Fsp3) is 1.00. The van der Waals surface area contributed by atoms with E-state index in [0.29, 0.717) is 0 Å². The topological polar surface area (TPSA) is 27.7 Å². The molecule has 0 saturated carbocycles. The molecule has 0 bridgehead atoms. The van der Waals surface area contributed by atoms with E-state index in [2.05, 4.69) is 0 Å². The summed E-state index contributed by atoms with van der Waals surface area (Å²) in [6.45, 7) is 0. The van der Waals surface area contributed by atoms with Gasteiger partial charge in [-0.2, -0.15) is 0 Å². The molecule has 2 atom stereocenters. The summed E-state index contributed by atoms with van der Waals surface area (Å²) >= 11 is 11.4. The number of methoxy groups -OCH3 is 2. The lowest BCUT2D eigenvalue weighted by atomic mass is 10.1. The molecule has 0 aromatic rings. The molecule has 0 aliphatic carbocycles. The molecule has 3 nitrogen and oxygen atoms in total. The van der Waals surface area contributed by atoms with Crippen LogP contribution in [0.3, 0.4) is 0 Å². The SMILES string of the molecule is COC(CCCCCCCCCCCCCl)OC(CCCCCCCCCCCCCl)OC. The first-order valence-electron chi connectivity index (χ1n) is 14.1. The van der Waals surface area contributed by atoms with Gasteiger partial charge in [-0.05, 0) is 38.5 Å². The Morgan fingerprint density at radius 3 is 0.879 bits per heavy atom. The monoisotopic (exact) mass is 510 g/mol. The highest BCUT2D eigenvalue weighted by atomic mass is 35.5. The molecule has 0 heterocycles. The Bertz CT molecular complexity index is 326. The van der Waals surface area contributed by atoms with Gasteiger partial charge in [-0.1, -0.05) is 103 Å². The van der Waals surface area contributed by atoms with E-state index in [4.69, 9.17) is 37.4 Å². The van der Waals surface area contributed by atoms with Crippen LogP contribution in [-0.4, -0.2) is 38.6 Å². The molecule has 0 radical (unpaired) electrons. The highest BCUT2D eigenvalue weighted by molar-refractivity contribution is 6.18. The van der Waals surface area contributed by atoms with Gasteiger partial charge in [0.25, 0.3) is 0 Å². The molecule has 0 amide bonds. The van der Waals surface area contributed by atoms with Crippen molar-refractivity contribution in [2.45, 2.75) is 154 Å². The first-order chi connectivity index (χ1) is 16.3. The summed E-state index contributed by atoms with van der Waals surface area (Å²) < 4.78 is 17.2. The Labute approximate surface area is 217 Å². The number of alkyl halides is 2. The van der Waals surface area contributed by atoms with Crippen molar-refractivity contribution in [3.63, 3.8) is 0 Å². The van der Waals surface area contributed by atoms with Gasteiger partial charge in [-0.3, -0.25) is 0 Å². The summed E-state index contributed by atoms with van der Waals surface area (Å²) in [5.74, 6) is 1.63. The third kappa shape index (κ3) is 25.4. The minimum atomic E-state index is -0.143. The van der Waals surface area contributed by atoms with Crippen molar-refractivity contribution in [3.8, 4) is 0 Å². The molecule has 0 N–H and O–H groups in total. The third-order valence-corrected chi connectivity index (χ3v) is 7.01. The molecule has 0 spiro atoms. The van der Waals surface area contributed by atoms with E-state index in [1.165, 1.54) is 116 Å². The molecule has 0 aliphatic rings. The first kappa shape index (κ1) is 33.5. The minimum absolute atomic E-state index is 0.143. The number of ether oxygens (including phenoxy) is 3. The second-order valence-electron chi connectivity index (χ2n) is 9.49. The summed E-state index contributed by atoms with van der Waals surface area (Å²) in [6, 6.07) is 0. The van der Waals surface area contributed by atoms with Crippen LogP contribution < -0.4 is 0 Å². The summed E-state index contributed by atoms with van der Waals surface area (Å²) in [7, 11) is 3.49. The predicted octanol–water partition coefficient (Wildman–Crippen LogP) is 10.0. The highest BCUT2D eigenvalue weighted by Gasteiger charge is 2.15. The van der Waals surface area contributed by atoms with Crippen molar-refractivity contribution in [1.82, 2.24) is 0 Å². The minimum Gasteiger partial charge on any atom is -0.356 e. The van der Waals surface area contributed by atoms with Crippen molar-refractivity contribution >= 4 is 23.2 Å². The number of rotatable bonds is 28. The molecular weight excluding hydrogens is 455 g/mol. The third-order valence-electron chi connectivity index (χ3n) is 6.48. The van der Waals surface area contributed by atoms with Gasteiger partial charge in [0.15, 0.2) is 12.6 Å². The summed E-state index contributed by atoms with van der Waals surface area (Å²) in [6.07, 6.45) is 27.6. The van der Waals surface area contributed by atoms with Gasteiger partial charge in [0.1, 0.15) is 0 Å². The molecule has 0 aromatic carbocycles. The molecule has 0 aromatic heterocycles. The van der Waals surface area contributed by atoms with Crippen LogP contribution in [0.2, 0.25) is 0 Å². The van der Waals surface area contributed by atoms with Gasteiger partial charge in [0.05, 0.1) is 0 Å². The van der Waals surface area contributed by atoms with Crippen LogP contribution in [0.15, 0.2) is 0 Å². The van der Waals surface area contributed by atoms with Crippen molar-refractivity contribution in [2.75, 3.05) is 26.0 Å². The van der Waals surface area contributed by atoms with Crippen LogP contribution >= 0.6 is 23.2 Å². The van der Waals surface area contributed by atoms with Gasteiger partial charge in [-0.15, -0.1) is 23.2 Å². The van der Waals surface area contributed by atoms with E-state index >= 15 is 0 Å². The number of halogens is 2. The Balaban J connectivity index is 3.57. The lowest BCUT2D eigenvalue weighted by Gasteiger charge is -2.23. The molecule has 2 unspecified atom stereocenters. The van der Waals surface area contributed by atoms with E-state index in [9.17, 15) is 0 Å².